The van der Waals surface area contributed by atoms with E-state index in [9.17, 15) is 4.79 Å². The molecule has 20 heavy (non-hydrogen) atoms. The van der Waals surface area contributed by atoms with E-state index in [1.807, 2.05) is 42.3 Å². The zero-order valence-corrected chi connectivity index (χ0v) is 12.7. The second kappa shape index (κ2) is 8.72. The maximum atomic E-state index is 11.9. The van der Waals surface area contributed by atoms with Gasteiger partial charge in [-0.1, -0.05) is 30.3 Å². The van der Waals surface area contributed by atoms with Crippen molar-refractivity contribution >= 4 is 5.91 Å². The summed E-state index contributed by atoms with van der Waals surface area (Å²) in [7, 11) is 1.94. The van der Waals surface area contributed by atoms with E-state index in [1.165, 1.54) is 0 Å². The molecule has 2 N–H and O–H groups in total. The summed E-state index contributed by atoms with van der Waals surface area (Å²) in [6.45, 7) is 5.21. The molecular weight excluding hydrogens is 252 g/mol. The summed E-state index contributed by atoms with van der Waals surface area (Å²) >= 11 is 0. The number of aliphatic hydroxyl groups excluding tert-OH is 1. The van der Waals surface area contributed by atoms with Gasteiger partial charge < -0.3 is 10.4 Å². The topological polar surface area (TPSA) is 52.6 Å². The third-order valence-electron chi connectivity index (χ3n) is 3.57. The van der Waals surface area contributed by atoms with Gasteiger partial charge in [-0.05, 0) is 32.9 Å². The van der Waals surface area contributed by atoms with E-state index < -0.39 is 0 Å². The molecule has 0 aliphatic carbocycles. The van der Waals surface area contributed by atoms with Crippen molar-refractivity contribution in [3.05, 3.63) is 35.9 Å². The van der Waals surface area contributed by atoms with E-state index >= 15 is 0 Å². The fourth-order valence-corrected chi connectivity index (χ4v) is 1.97. The average Bonchev–Trinajstić information content (AvgIpc) is 2.44. The standard InChI is InChI=1S/C16H26N2O2/c1-13(2)18(3)12-16(20)17-11-15(9-10-19)14-7-5-4-6-8-14/h4-8,13,15,19H,9-12H2,1-3H3,(H,17,20). The fraction of sp³-hybridized carbons (Fsp3) is 0.562. The van der Waals surface area contributed by atoms with Crippen LogP contribution in [-0.2, 0) is 4.79 Å². The van der Waals surface area contributed by atoms with Crippen LogP contribution in [-0.4, -0.2) is 48.7 Å². The Labute approximate surface area is 121 Å². The minimum Gasteiger partial charge on any atom is -0.396 e. The molecule has 0 heterocycles. The molecule has 0 aliphatic rings. The highest BCUT2D eigenvalue weighted by Gasteiger charge is 2.14. The molecule has 1 amide bonds. The van der Waals surface area contributed by atoms with Gasteiger partial charge in [-0.15, -0.1) is 0 Å². The van der Waals surface area contributed by atoms with Crippen LogP contribution in [0.2, 0.25) is 0 Å². The molecule has 1 aromatic carbocycles. The summed E-state index contributed by atoms with van der Waals surface area (Å²) in [5.41, 5.74) is 1.15. The number of benzene rings is 1. The molecule has 1 unspecified atom stereocenters. The third kappa shape index (κ3) is 5.72. The lowest BCUT2D eigenvalue weighted by atomic mass is 9.96. The highest BCUT2D eigenvalue weighted by atomic mass is 16.3. The van der Waals surface area contributed by atoms with E-state index in [0.29, 0.717) is 25.6 Å². The Kier molecular flexibility index (Phi) is 7.26. The summed E-state index contributed by atoms with van der Waals surface area (Å²) in [6, 6.07) is 10.3. The van der Waals surface area contributed by atoms with Gasteiger partial charge in [0.2, 0.25) is 5.91 Å². The molecule has 1 atom stereocenters. The van der Waals surface area contributed by atoms with Crippen molar-refractivity contribution < 1.29 is 9.90 Å². The zero-order valence-electron chi connectivity index (χ0n) is 12.7. The molecule has 1 aromatic rings. The number of nitrogens with one attached hydrogen (secondary N) is 1. The van der Waals surface area contributed by atoms with E-state index in [-0.39, 0.29) is 18.4 Å². The summed E-state index contributed by atoms with van der Waals surface area (Å²) in [5, 5.41) is 12.1. The van der Waals surface area contributed by atoms with Gasteiger partial charge in [0, 0.05) is 25.1 Å². The predicted octanol–water partition coefficient (Wildman–Crippen LogP) is 1.61. The molecule has 4 heteroatoms. The number of carbonyl (C=O) groups is 1. The quantitative estimate of drug-likeness (QED) is 0.759. The maximum absolute atomic E-state index is 11.9. The van der Waals surface area contributed by atoms with Crippen LogP contribution in [0.3, 0.4) is 0 Å². The molecule has 1 rings (SSSR count). The van der Waals surface area contributed by atoms with Gasteiger partial charge in [-0.25, -0.2) is 0 Å². The zero-order chi connectivity index (χ0) is 15.0. The largest absolute Gasteiger partial charge is 0.396 e. The Bertz CT molecular complexity index is 393. The Morgan fingerprint density at radius 3 is 2.50 bits per heavy atom. The van der Waals surface area contributed by atoms with E-state index in [4.69, 9.17) is 5.11 Å². The molecule has 0 bridgehead atoms. The third-order valence-corrected chi connectivity index (χ3v) is 3.57. The number of aliphatic hydroxyl groups is 1. The second-order valence-electron chi connectivity index (χ2n) is 5.43. The Hall–Kier alpha value is -1.39. The van der Waals surface area contributed by atoms with Crippen LogP contribution in [0.4, 0.5) is 0 Å². The number of likely N-dealkylation sites (N-methyl/N-ethyl adjacent to an activating group) is 1. The highest BCUT2D eigenvalue weighted by molar-refractivity contribution is 5.78. The van der Waals surface area contributed by atoms with Gasteiger partial charge in [0.15, 0.2) is 0 Å². The molecule has 0 aromatic heterocycles. The number of hydrogen-bond donors (Lipinski definition) is 2. The van der Waals surface area contributed by atoms with Crippen LogP contribution in [0, 0.1) is 0 Å². The molecule has 0 aliphatic heterocycles. The Morgan fingerprint density at radius 1 is 1.30 bits per heavy atom. The number of carbonyl (C=O) groups excluding carboxylic acids is 1. The van der Waals surface area contributed by atoms with Crippen LogP contribution < -0.4 is 5.32 Å². The van der Waals surface area contributed by atoms with Gasteiger partial charge in [0.25, 0.3) is 0 Å². The summed E-state index contributed by atoms with van der Waals surface area (Å²) in [5.74, 6) is 0.189. The van der Waals surface area contributed by atoms with Gasteiger partial charge in [0.1, 0.15) is 0 Å². The molecular formula is C16H26N2O2. The first-order valence-electron chi connectivity index (χ1n) is 7.17. The summed E-state index contributed by atoms with van der Waals surface area (Å²) in [6.07, 6.45) is 0.657. The molecule has 0 fully saturated rings. The van der Waals surface area contributed by atoms with Crippen molar-refractivity contribution in [2.75, 3.05) is 26.7 Å². The van der Waals surface area contributed by atoms with Crippen molar-refractivity contribution in [2.45, 2.75) is 32.2 Å². The van der Waals surface area contributed by atoms with Crippen molar-refractivity contribution in [3.63, 3.8) is 0 Å². The summed E-state index contributed by atoms with van der Waals surface area (Å²) in [4.78, 5) is 13.9. The lowest BCUT2D eigenvalue weighted by Gasteiger charge is -2.22. The SMILES string of the molecule is CC(C)N(C)CC(=O)NCC(CCO)c1ccccc1. The molecule has 112 valence electrons. The van der Waals surface area contributed by atoms with Crippen molar-refractivity contribution in [1.29, 1.82) is 0 Å². The maximum Gasteiger partial charge on any atom is 0.234 e. The van der Waals surface area contributed by atoms with Crippen molar-refractivity contribution in [2.24, 2.45) is 0 Å². The van der Waals surface area contributed by atoms with E-state index in [1.54, 1.807) is 0 Å². The highest BCUT2D eigenvalue weighted by Crippen LogP contribution is 2.18. The van der Waals surface area contributed by atoms with Crippen LogP contribution in [0.25, 0.3) is 0 Å². The molecule has 4 nitrogen and oxygen atoms in total. The monoisotopic (exact) mass is 278 g/mol. The van der Waals surface area contributed by atoms with E-state index in [2.05, 4.69) is 19.2 Å². The first-order valence-corrected chi connectivity index (χ1v) is 7.17. The second-order valence-corrected chi connectivity index (χ2v) is 5.43. The first-order chi connectivity index (χ1) is 9.54. The first kappa shape index (κ1) is 16.7. The van der Waals surface area contributed by atoms with Gasteiger partial charge in [0.05, 0.1) is 6.54 Å². The number of rotatable bonds is 8. The van der Waals surface area contributed by atoms with Crippen LogP contribution >= 0.6 is 0 Å². The fourth-order valence-electron chi connectivity index (χ4n) is 1.97. The van der Waals surface area contributed by atoms with E-state index in [0.717, 1.165) is 5.56 Å². The van der Waals surface area contributed by atoms with Gasteiger partial charge >= 0.3 is 0 Å². The number of amides is 1. The average molecular weight is 278 g/mol. The smallest absolute Gasteiger partial charge is 0.234 e. The predicted molar refractivity (Wildman–Crippen MR) is 81.7 cm³/mol. The molecule has 0 saturated carbocycles. The number of hydrogen-bond acceptors (Lipinski definition) is 3. The lowest BCUT2D eigenvalue weighted by molar-refractivity contribution is -0.122. The van der Waals surface area contributed by atoms with Crippen LogP contribution in [0.15, 0.2) is 30.3 Å². The Morgan fingerprint density at radius 2 is 1.95 bits per heavy atom. The Balaban J connectivity index is 2.49. The van der Waals surface area contributed by atoms with Crippen molar-refractivity contribution in [1.82, 2.24) is 10.2 Å². The summed E-state index contributed by atoms with van der Waals surface area (Å²) < 4.78 is 0. The molecule has 0 spiro atoms. The van der Waals surface area contributed by atoms with Gasteiger partial charge in [-0.3, -0.25) is 9.69 Å². The lowest BCUT2D eigenvalue weighted by Crippen LogP contribution is -2.39. The minimum atomic E-state index is 0.0278. The molecule has 0 saturated heterocycles. The van der Waals surface area contributed by atoms with Crippen LogP contribution in [0.1, 0.15) is 31.7 Å². The minimum absolute atomic E-state index is 0.0278. The number of nitrogens with zero attached hydrogens (tertiary/aromatic N) is 1. The van der Waals surface area contributed by atoms with Crippen LogP contribution in [0.5, 0.6) is 0 Å². The van der Waals surface area contributed by atoms with Crippen molar-refractivity contribution in [3.8, 4) is 0 Å². The normalized spacial score (nSPS) is 12.7. The van der Waals surface area contributed by atoms with Gasteiger partial charge in [-0.2, -0.15) is 0 Å². The molecule has 0 radical (unpaired) electrons.